The molecule has 2 fully saturated rings. The Hall–Kier alpha value is -2.97. The quantitative estimate of drug-likeness (QED) is 0.525. The molecule has 3 aromatic rings. The second-order valence-electron chi connectivity index (χ2n) is 10.1. The van der Waals surface area contributed by atoms with E-state index in [0.29, 0.717) is 22.3 Å². The number of aromatic nitrogens is 1. The standard InChI is InChI=1S/C28H34N4O3S/c1-21-19-24(28(33)32-17-15-31(16-18-32)20-22-7-3-2-4-8-22)12-13-25(21)30-36(34,35)26-11-5-9-23-10-6-14-29-27(23)26/h5-6,9-14,19,22,30H,2-4,7-8,15-18,20H2,1H3. The largest absolute Gasteiger partial charge is 0.336 e. The lowest BCUT2D eigenvalue weighted by atomic mass is 9.89. The van der Waals surface area contributed by atoms with Gasteiger partial charge in [-0.05, 0) is 61.6 Å². The summed E-state index contributed by atoms with van der Waals surface area (Å²) in [7, 11) is -3.85. The van der Waals surface area contributed by atoms with E-state index in [0.717, 1.165) is 44.0 Å². The molecule has 0 unspecified atom stereocenters. The first kappa shape index (κ1) is 24.7. The van der Waals surface area contributed by atoms with E-state index in [-0.39, 0.29) is 10.8 Å². The van der Waals surface area contributed by atoms with E-state index in [1.165, 1.54) is 32.1 Å². The summed E-state index contributed by atoms with van der Waals surface area (Å²) < 4.78 is 29.0. The van der Waals surface area contributed by atoms with Crippen molar-refractivity contribution < 1.29 is 13.2 Å². The molecule has 1 saturated heterocycles. The van der Waals surface area contributed by atoms with E-state index >= 15 is 0 Å². The number of hydrogen-bond donors (Lipinski definition) is 1. The Balaban J connectivity index is 1.24. The van der Waals surface area contributed by atoms with Gasteiger partial charge in [0.15, 0.2) is 0 Å². The zero-order valence-electron chi connectivity index (χ0n) is 20.8. The third-order valence-corrected chi connectivity index (χ3v) is 8.90. The van der Waals surface area contributed by atoms with Crippen LogP contribution in [0.1, 0.15) is 48.0 Å². The fraction of sp³-hybridized carbons (Fsp3) is 0.429. The molecule has 0 atom stereocenters. The molecule has 2 aromatic carbocycles. The molecule has 0 radical (unpaired) electrons. The van der Waals surface area contributed by atoms with Gasteiger partial charge in [-0.2, -0.15) is 0 Å². The predicted molar refractivity (Wildman–Crippen MR) is 143 cm³/mol. The van der Waals surface area contributed by atoms with Crippen LogP contribution in [-0.4, -0.2) is 61.8 Å². The summed E-state index contributed by atoms with van der Waals surface area (Å²) in [4.78, 5) is 22.0. The Kier molecular flexibility index (Phi) is 7.25. The Labute approximate surface area is 213 Å². The third-order valence-electron chi connectivity index (χ3n) is 7.50. The van der Waals surface area contributed by atoms with Gasteiger partial charge < -0.3 is 4.90 Å². The Bertz CT molecular complexity index is 1340. The van der Waals surface area contributed by atoms with Crippen LogP contribution in [0, 0.1) is 12.8 Å². The number of nitrogens with one attached hydrogen (secondary N) is 1. The lowest BCUT2D eigenvalue weighted by Crippen LogP contribution is -2.49. The molecule has 2 aliphatic rings. The molecule has 1 aromatic heterocycles. The van der Waals surface area contributed by atoms with Gasteiger partial charge in [-0.1, -0.05) is 37.5 Å². The van der Waals surface area contributed by atoms with Gasteiger partial charge in [-0.25, -0.2) is 8.42 Å². The average molecular weight is 507 g/mol. The van der Waals surface area contributed by atoms with Gasteiger partial charge in [0.05, 0.1) is 11.2 Å². The molecule has 190 valence electrons. The number of benzene rings is 2. The molecule has 5 rings (SSSR count). The van der Waals surface area contributed by atoms with Crippen molar-refractivity contribution in [2.24, 2.45) is 5.92 Å². The molecule has 0 bridgehead atoms. The third kappa shape index (κ3) is 5.39. The molecule has 0 spiro atoms. The van der Waals surface area contributed by atoms with E-state index in [4.69, 9.17) is 0 Å². The van der Waals surface area contributed by atoms with E-state index in [1.807, 2.05) is 24.0 Å². The number of carbonyl (C=O) groups excluding carboxylic acids is 1. The van der Waals surface area contributed by atoms with Gasteiger partial charge in [-0.3, -0.25) is 19.4 Å². The highest BCUT2D eigenvalue weighted by atomic mass is 32.2. The van der Waals surface area contributed by atoms with Gasteiger partial charge in [0, 0.05) is 49.9 Å². The second kappa shape index (κ2) is 10.6. The van der Waals surface area contributed by atoms with Crippen molar-refractivity contribution in [3.8, 4) is 0 Å². The molecule has 1 aliphatic heterocycles. The van der Waals surface area contributed by atoms with Crippen LogP contribution < -0.4 is 4.72 Å². The smallest absolute Gasteiger partial charge is 0.264 e. The number of pyridine rings is 1. The molecule has 2 heterocycles. The summed E-state index contributed by atoms with van der Waals surface area (Å²) in [6, 6.07) is 13.9. The summed E-state index contributed by atoms with van der Waals surface area (Å²) in [5.74, 6) is 0.813. The van der Waals surface area contributed by atoms with Crippen LogP contribution >= 0.6 is 0 Å². The molecule has 1 N–H and O–H groups in total. The Morgan fingerprint density at radius 1 is 1.00 bits per heavy atom. The highest BCUT2D eigenvalue weighted by molar-refractivity contribution is 7.93. The van der Waals surface area contributed by atoms with Crippen molar-refractivity contribution in [2.75, 3.05) is 37.4 Å². The summed E-state index contributed by atoms with van der Waals surface area (Å²) in [6.45, 7) is 6.26. The number of anilines is 1. The number of nitrogens with zero attached hydrogens (tertiary/aromatic N) is 3. The number of hydrogen-bond acceptors (Lipinski definition) is 5. The van der Waals surface area contributed by atoms with Gasteiger partial charge in [0.2, 0.25) is 0 Å². The number of rotatable bonds is 6. The first-order valence-corrected chi connectivity index (χ1v) is 14.4. The SMILES string of the molecule is Cc1cc(C(=O)N2CCN(CC3CCCCC3)CC2)ccc1NS(=O)(=O)c1cccc2cccnc12. The van der Waals surface area contributed by atoms with Crippen molar-refractivity contribution in [1.29, 1.82) is 0 Å². The number of sulfonamides is 1. The molecule has 8 heteroatoms. The van der Waals surface area contributed by atoms with Crippen molar-refractivity contribution in [1.82, 2.24) is 14.8 Å². The Morgan fingerprint density at radius 3 is 2.50 bits per heavy atom. The fourth-order valence-electron chi connectivity index (χ4n) is 5.45. The summed E-state index contributed by atoms with van der Waals surface area (Å²) in [6.07, 6.45) is 8.35. The summed E-state index contributed by atoms with van der Waals surface area (Å²) in [5, 5.41) is 0.761. The molecule has 36 heavy (non-hydrogen) atoms. The van der Waals surface area contributed by atoms with Crippen LogP contribution in [0.5, 0.6) is 0 Å². The minimum absolute atomic E-state index is 0.00285. The number of carbonyl (C=O) groups is 1. The number of para-hydroxylation sites is 1. The second-order valence-corrected chi connectivity index (χ2v) is 11.7. The molecule has 1 aliphatic carbocycles. The first-order valence-electron chi connectivity index (χ1n) is 12.9. The monoisotopic (exact) mass is 506 g/mol. The zero-order valence-corrected chi connectivity index (χ0v) is 21.6. The van der Waals surface area contributed by atoms with Crippen molar-refractivity contribution in [2.45, 2.75) is 43.9 Å². The molecular formula is C28H34N4O3S. The number of fused-ring (bicyclic) bond motifs is 1. The Morgan fingerprint density at radius 2 is 1.75 bits per heavy atom. The number of amides is 1. The maximum absolute atomic E-state index is 13.2. The normalized spacial score (nSPS) is 17.9. The van der Waals surface area contributed by atoms with Gasteiger partial charge in [-0.15, -0.1) is 0 Å². The van der Waals surface area contributed by atoms with Crippen LogP contribution in [-0.2, 0) is 10.0 Å². The average Bonchev–Trinajstić information content (AvgIpc) is 2.90. The van der Waals surface area contributed by atoms with E-state index < -0.39 is 10.0 Å². The van der Waals surface area contributed by atoms with Crippen LogP contribution in [0.3, 0.4) is 0 Å². The zero-order chi connectivity index (χ0) is 25.1. The van der Waals surface area contributed by atoms with Crippen molar-refractivity contribution >= 4 is 32.5 Å². The molecular weight excluding hydrogens is 472 g/mol. The molecule has 1 amide bonds. The lowest BCUT2D eigenvalue weighted by molar-refractivity contribution is 0.0606. The van der Waals surface area contributed by atoms with Crippen LogP contribution in [0.2, 0.25) is 0 Å². The molecule has 1 saturated carbocycles. The predicted octanol–water partition coefficient (Wildman–Crippen LogP) is 4.68. The van der Waals surface area contributed by atoms with Crippen LogP contribution in [0.4, 0.5) is 5.69 Å². The highest BCUT2D eigenvalue weighted by Crippen LogP contribution is 2.27. The van der Waals surface area contributed by atoms with E-state index in [9.17, 15) is 13.2 Å². The maximum atomic E-state index is 13.2. The minimum atomic E-state index is -3.85. The highest BCUT2D eigenvalue weighted by Gasteiger charge is 2.25. The molecule has 7 nitrogen and oxygen atoms in total. The van der Waals surface area contributed by atoms with Crippen LogP contribution in [0.25, 0.3) is 10.9 Å². The minimum Gasteiger partial charge on any atom is -0.336 e. The van der Waals surface area contributed by atoms with Gasteiger partial charge in [0.1, 0.15) is 4.90 Å². The number of piperazine rings is 1. The number of aryl methyl sites for hydroxylation is 1. The van der Waals surface area contributed by atoms with Gasteiger partial charge >= 0.3 is 0 Å². The van der Waals surface area contributed by atoms with Crippen molar-refractivity contribution in [3.63, 3.8) is 0 Å². The first-order chi connectivity index (χ1) is 17.4. The van der Waals surface area contributed by atoms with Gasteiger partial charge in [0.25, 0.3) is 15.9 Å². The summed E-state index contributed by atoms with van der Waals surface area (Å²) in [5.41, 5.74) is 2.17. The van der Waals surface area contributed by atoms with E-state index in [2.05, 4.69) is 14.6 Å². The fourth-order valence-corrected chi connectivity index (χ4v) is 6.77. The van der Waals surface area contributed by atoms with Crippen LogP contribution in [0.15, 0.2) is 59.6 Å². The van der Waals surface area contributed by atoms with E-state index in [1.54, 1.807) is 42.6 Å². The maximum Gasteiger partial charge on any atom is 0.264 e. The topological polar surface area (TPSA) is 82.6 Å². The summed E-state index contributed by atoms with van der Waals surface area (Å²) >= 11 is 0. The lowest BCUT2D eigenvalue weighted by Gasteiger charge is -2.37. The van der Waals surface area contributed by atoms with Crippen molar-refractivity contribution in [3.05, 3.63) is 65.9 Å².